The van der Waals surface area contributed by atoms with Crippen LogP contribution in [0.1, 0.15) is 44.7 Å². The minimum Gasteiger partial charge on any atom is -0.349 e. The number of hydrogen-bond acceptors (Lipinski definition) is 3. The van der Waals surface area contributed by atoms with Crippen LogP contribution in [0.2, 0.25) is 0 Å². The van der Waals surface area contributed by atoms with Crippen molar-refractivity contribution < 1.29 is 9.59 Å². The van der Waals surface area contributed by atoms with Gasteiger partial charge in [-0.25, -0.2) is 0 Å². The number of amides is 2. The minimum atomic E-state index is -0.281. The molecule has 0 saturated carbocycles. The molecule has 1 saturated heterocycles. The van der Waals surface area contributed by atoms with E-state index in [1.54, 1.807) is 0 Å². The lowest BCUT2D eigenvalue weighted by atomic mass is 9.91. The van der Waals surface area contributed by atoms with E-state index >= 15 is 0 Å². The maximum Gasteiger partial charge on any atom is 0.224 e. The summed E-state index contributed by atoms with van der Waals surface area (Å²) in [6, 6.07) is 9.46. The Balaban J connectivity index is 2.04. The van der Waals surface area contributed by atoms with Gasteiger partial charge in [-0.15, -0.1) is 0 Å². The van der Waals surface area contributed by atoms with E-state index in [9.17, 15) is 9.59 Å². The zero-order valence-corrected chi connectivity index (χ0v) is 14.0. The number of benzene rings is 1. The third-order valence-corrected chi connectivity index (χ3v) is 4.51. The predicted molar refractivity (Wildman–Crippen MR) is 90.6 cm³/mol. The van der Waals surface area contributed by atoms with Crippen LogP contribution < -0.4 is 11.1 Å². The number of nitrogens with two attached hydrogens (primary N) is 1. The highest BCUT2D eigenvalue weighted by Crippen LogP contribution is 2.22. The molecule has 3 unspecified atom stereocenters. The molecule has 3 N–H and O–H groups in total. The Morgan fingerprint density at radius 3 is 2.65 bits per heavy atom. The number of piperidine rings is 1. The maximum atomic E-state index is 12.7. The number of hydrogen-bond donors (Lipinski definition) is 2. The molecule has 1 heterocycles. The normalized spacial score (nSPS) is 20.7. The average molecular weight is 317 g/mol. The zero-order valence-electron chi connectivity index (χ0n) is 14.0. The summed E-state index contributed by atoms with van der Waals surface area (Å²) in [5.74, 6) is 0.320. The van der Waals surface area contributed by atoms with Crippen LogP contribution in [0.25, 0.3) is 0 Å². The minimum absolute atomic E-state index is 0.0814. The summed E-state index contributed by atoms with van der Waals surface area (Å²) < 4.78 is 0. The van der Waals surface area contributed by atoms with Crippen molar-refractivity contribution in [1.82, 2.24) is 10.2 Å². The van der Waals surface area contributed by atoms with E-state index in [0.29, 0.717) is 5.92 Å². The summed E-state index contributed by atoms with van der Waals surface area (Å²) in [5, 5.41) is 2.89. The van der Waals surface area contributed by atoms with Gasteiger partial charge >= 0.3 is 0 Å². The zero-order chi connectivity index (χ0) is 16.8. The first kappa shape index (κ1) is 17.5. The second kappa shape index (κ2) is 8.11. The van der Waals surface area contributed by atoms with Crippen LogP contribution in [-0.4, -0.2) is 35.8 Å². The van der Waals surface area contributed by atoms with Crippen molar-refractivity contribution in [1.29, 1.82) is 0 Å². The van der Waals surface area contributed by atoms with E-state index in [-0.39, 0.29) is 30.3 Å². The van der Waals surface area contributed by atoms with Crippen LogP contribution in [-0.2, 0) is 9.59 Å². The van der Waals surface area contributed by atoms with Gasteiger partial charge in [-0.3, -0.25) is 9.59 Å². The third kappa shape index (κ3) is 5.06. The van der Waals surface area contributed by atoms with Gasteiger partial charge in [0.2, 0.25) is 11.8 Å². The lowest BCUT2D eigenvalue weighted by Crippen LogP contribution is -2.46. The molecule has 2 rings (SSSR count). The lowest BCUT2D eigenvalue weighted by molar-refractivity contribution is -0.134. The summed E-state index contributed by atoms with van der Waals surface area (Å²) in [5.41, 5.74) is 6.95. The van der Waals surface area contributed by atoms with Crippen molar-refractivity contribution in [3.63, 3.8) is 0 Å². The molecule has 126 valence electrons. The van der Waals surface area contributed by atoms with Crippen LogP contribution >= 0.6 is 0 Å². The summed E-state index contributed by atoms with van der Waals surface area (Å²) in [6.07, 6.45) is 2.36. The summed E-state index contributed by atoms with van der Waals surface area (Å²) in [4.78, 5) is 26.0. The fraction of sp³-hybridized carbons (Fsp3) is 0.556. The molecule has 5 nitrogen and oxygen atoms in total. The van der Waals surface area contributed by atoms with E-state index in [1.807, 2.05) is 42.2 Å². The fourth-order valence-electron chi connectivity index (χ4n) is 3.15. The van der Waals surface area contributed by atoms with Gasteiger partial charge in [-0.2, -0.15) is 0 Å². The molecule has 0 aromatic heterocycles. The first-order valence-electron chi connectivity index (χ1n) is 8.32. The van der Waals surface area contributed by atoms with E-state index < -0.39 is 0 Å². The summed E-state index contributed by atoms with van der Waals surface area (Å²) >= 11 is 0. The Hall–Kier alpha value is -1.88. The van der Waals surface area contributed by atoms with Gasteiger partial charge in [0.1, 0.15) is 0 Å². The highest BCUT2D eigenvalue weighted by Gasteiger charge is 2.27. The van der Waals surface area contributed by atoms with Gasteiger partial charge in [-0.1, -0.05) is 30.3 Å². The Morgan fingerprint density at radius 2 is 2.04 bits per heavy atom. The molecule has 0 radical (unpaired) electrons. The van der Waals surface area contributed by atoms with Crippen LogP contribution in [0, 0.1) is 5.92 Å². The van der Waals surface area contributed by atoms with E-state index in [4.69, 9.17) is 5.73 Å². The van der Waals surface area contributed by atoms with Gasteiger partial charge in [0.15, 0.2) is 0 Å². The maximum absolute atomic E-state index is 12.7. The monoisotopic (exact) mass is 317 g/mol. The topological polar surface area (TPSA) is 75.4 Å². The highest BCUT2D eigenvalue weighted by molar-refractivity contribution is 5.79. The van der Waals surface area contributed by atoms with Crippen molar-refractivity contribution in [2.45, 2.75) is 45.2 Å². The van der Waals surface area contributed by atoms with Crippen molar-refractivity contribution >= 4 is 11.8 Å². The molecule has 0 spiro atoms. The Morgan fingerprint density at radius 1 is 1.35 bits per heavy atom. The largest absolute Gasteiger partial charge is 0.349 e. The van der Waals surface area contributed by atoms with E-state index in [0.717, 1.165) is 31.5 Å². The molecule has 1 aliphatic heterocycles. The van der Waals surface area contributed by atoms with Crippen molar-refractivity contribution in [3.05, 3.63) is 35.9 Å². The number of likely N-dealkylation sites (tertiary alicyclic amines) is 1. The Kier molecular flexibility index (Phi) is 6.16. The predicted octanol–water partition coefficient (Wildman–Crippen LogP) is 1.84. The summed E-state index contributed by atoms with van der Waals surface area (Å²) in [7, 11) is 0. The van der Waals surface area contributed by atoms with Crippen LogP contribution in [0.15, 0.2) is 30.3 Å². The molecule has 0 aliphatic carbocycles. The van der Waals surface area contributed by atoms with Gasteiger partial charge < -0.3 is 16.0 Å². The molecular formula is C18H27N3O2. The Bertz CT molecular complexity index is 530. The highest BCUT2D eigenvalue weighted by atomic mass is 16.2. The smallest absolute Gasteiger partial charge is 0.224 e. The molecular weight excluding hydrogens is 290 g/mol. The van der Waals surface area contributed by atoms with Gasteiger partial charge in [0.05, 0.1) is 12.5 Å². The number of nitrogens with zero attached hydrogens (tertiary/aromatic N) is 1. The molecule has 23 heavy (non-hydrogen) atoms. The molecule has 5 heteroatoms. The fourth-order valence-corrected chi connectivity index (χ4v) is 3.15. The number of carbonyl (C=O) groups is 2. The molecule has 1 aromatic carbocycles. The number of nitrogens with one attached hydrogen (secondary N) is 1. The SMILES string of the molecule is CC(=O)NC(CC(=O)N1CCCC(C(C)N)C1)c1ccccc1. The summed E-state index contributed by atoms with van der Waals surface area (Å²) in [6.45, 7) is 4.98. The average Bonchev–Trinajstić information content (AvgIpc) is 2.54. The van der Waals surface area contributed by atoms with Crippen LogP contribution in [0.4, 0.5) is 0 Å². The lowest BCUT2D eigenvalue weighted by Gasteiger charge is -2.35. The van der Waals surface area contributed by atoms with Crippen molar-refractivity contribution in [2.24, 2.45) is 11.7 Å². The molecule has 0 bridgehead atoms. The van der Waals surface area contributed by atoms with E-state index in [2.05, 4.69) is 5.32 Å². The quantitative estimate of drug-likeness (QED) is 0.870. The number of rotatable bonds is 5. The number of carbonyl (C=O) groups excluding carboxylic acids is 2. The molecule has 2 amide bonds. The first-order valence-corrected chi connectivity index (χ1v) is 8.32. The third-order valence-electron chi connectivity index (χ3n) is 4.51. The van der Waals surface area contributed by atoms with Gasteiger partial charge in [0, 0.05) is 26.1 Å². The van der Waals surface area contributed by atoms with Crippen LogP contribution in [0.3, 0.4) is 0 Å². The molecule has 1 aliphatic rings. The molecule has 1 fully saturated rings. The van der Waals surface area contributed by atoms with Crippen LogP contribution in [0.5, 0.6) is 0 Å². The van der Waals surface area contributed by atoms with Crippen molar-refractivity contribution in [3.8, 4) is 0 Å². The van der Waals surface area contributed by atoms with Crippen molar-refractivity contribution in [2.75, 3.05) is 13.1 Å². The van der Waals surface area contributed by atoms with E-state index in [1.165, 1.54) is 6.92 Å². The Labute approximate surface area is 138 Å². The molecule has 1 aromatic rings. The van der Waals surface area contributed by atoms with Gasteiger partial charge in [0.25, 0.3) is 0 Å². The standard InChI is InChI=1S/C18H27N3O2/c1-13(19)16-9-6-10-21(12-16)18(23)11-17(20-14(2)22)15-7-4-3-5-8-15/h3-5,7-8,13,16-17H,6,9-12,19H2,1-2H3,(H,20,22). The first-order chi connectivity index (χ1) is 11.0. The van der Waals surface area contributed by atoms with Gasteiger partial charge in [-0.05, 0) is 31.2 Å². The molecule has 3 atom stereocenters. The second-order valence-electron chi connectivity index (χ2n) is 6.47. The second-order valence-corrected chi connectivity index (χ2v) is 6.47.